The maximum absolute atomic E-state index is 12.6. The van der Waals surface area contributed by atoms with Crippen LogP contribution in [0.25, 0.3) is 11.1 Å². The molecule has 4 heteroatoms. The molecule has 0 aliphatic carbocycles. The number of hydrogen-bond donors (Lipinski definition) is 2. The summed E-state index contributed by atoms with van der Waals surface area (Å²) in [5.41, 5.74) is 4.18. The summed E-state index contributed by atoms with van der Waals surface area (Å²) < 4.78 is 5.29. The van der Waals surface area contributed by atoms with Crippen molar-refractivity contribution in [2.75, 3.05) is 12.4 Å². The Morgan fingerprint density at radius 3 is 2.11 bits per heavy atom. The number of methoxy groups -OCH3 is 1. The molecule has 0 saturated heterocycles. The quantitative estimate of drug-likeness (QED) is 0.609. The van der Waals surface area contributed by atoms with Crippen LogP contribution in [0.3, 0.4) is 0 Å². The van der Waals surface area contributed by atoms with E-state index in [1.807, 2.05) is 49.4 Å². The Morgan fingerprint density at radius 2 is 1.43 bits per heavy atom. The van der Waals surface area contributed by atoms with Gasteiger partial charge in [0.1, 0.15) is 5.75 Å². The van der Waals surface area contributed by atoms with E-state index in [2.05, 4.69) is 54.0 Å². The molecule has 4 nitrogen and oxygen atoms in total. The molecule has 0 unspecified atom stereocenters. The number of amides is 1. The Kier molecular flexibility index (Phi) is 6.45. The average molecular weight is 374 g/mol. The molecule has 144 valence electrons. The summed E-state index contributed by atoms with van der Waals surface area (Å²) in [4.78, 5) is 12.6. The first-order valence-electron chi connectivity index (χ1n) is 9.44. The summed E-state index contributed by atoms with van der Waals surface area (Å²) in [6, 6.07) is 25.8. The van der Waals surface area contributed by atoms with Crippen LogP contribution in [-0.2, 0) is 4.79 Å². The van der Waals surface area contributed by atoms with E-state index in [0.29, 0.717) is 11.4 Å². The average Bonchev–Trinajstić information content (AvgIpc) is 2.74. The van der Waals surface area contributed by atoms with Gasteiger partial charge in [-0.1, -0.05) is 66.7 Å². The minimum Gasteiger partial charge on any atom is -0.495 e. The smallest absolute Gasteiger partial charge is 0.241 e. The number of hydrogen-bond acceptors (Lipinski definition) is 3. The first-order chi connectivity index (χ1) is 13.6. The van der Waals surface area contributed by atoms with Crippen molar-refractivity contribution in [3.05, 3.63) is 84.4 Å². The summed E-state index contributed by atoms with van der Waals surface area (Å²) >= 11 is 0. The lowest BCUT2D eigenvalue weighted by Gasteiger charge is -2.21. The number of para-hydroxylation sites is 2. The van der Waals surface area contributed by atoms with Crippen LogP contribution in [-0.4, -0.2) is 19.1 Å². The van der Waals surface area contributed by atoms with Gasteiger partial charge >= 0.3 is 0 Å². The Hall–Kier alpha value is -3.11. The summed E-state index contributed by atoms with van der Waals surface area (Å²) in [7, 11) is 1.59. The van der Waals surface area contributed by atoms with Crippen LogP contribution in [0.1, 0.15) is 25.5 Å². The second kappa shape index (κ2) is 9.20. The largest absolute Gasteiger partial charge is 0.495 e. The molecule has 0 aliphatic heterocycles. The zero-order chi connectivity index (χ0) is 19.9. The highest BCUT2D eigenvalue weighted by molar-refractivity contribution is 5.95. The predicted molar refractivity (Wildman–Crippen MR) is 115 cm³/mol. The molecule has 0 fully saturated rings. The number of benzene rings is 3. The molecule has 1 amide bonds. The maximum atomic E-state index is 12.6. The van der Waals surface area contributed by atoms with Gasteiger partial charge in [0.05, 0.1) is 18.8 Å². The minimum absolute atomic E-state index is 0.0447. The van der Waals surface area contributed by atoms with Crippen LogP contribution in [0.5, 0.6) is 5.75 Å². The summed E-state index contributed by atoms with van der Waals surface area (Å²) in [6.45, 7) is 3.92. The first-order valence-corrected chi connectivity index (χ1v) is 9.44. The third-order valence-electron chi connectivity index (χ3n) is 4.78. The molecular weight excluding hydrogens is 348 g/mol. The van der Waals surface area contributed by atoms with Gasteiger partial charge in [0.15, 0.2) is 0 Å². The van der Waals surface area contributed by atoms with E-state index in [4.69, 9.17) is 4.74 Å². The van der Waals surface area contributed by atoms with Gasteiger partial charge in [0.2, 0.25) is 5.91 Å². The van der Waals surface area contributed by atoms with Gasteiger partial charge < -0.3 is 10.1 Å². The zero-order valence-electron chi connectivity index (χ0n) is 16.5. The summed E-state index contributed by atoms with van der Waals surface area (Å²) in [5, 5.41) is 6.28. The van der Waals surface area contributed by atoms with Gasteiger partial charge in [-0.3, -0.25) is 10.1 Å². The Labute approximate surface area is 166 Å². The highest BCUT2D eigenvalue weighted by Gasteiger charge is 2.17. The lowest BCUT2D eigenvalue weighted by molar-refractivity contribution is -0.117. The van der Waals surface area contributed by atoms with Crippen molar-refractivity contribution in [3.63, 3.8) is 0 Å². The molecule has 0 aliphatic rings. The van der Waals surface area contributed by atoms with Crippen LogP contribution >= 0.6 is 0 Å². The molecule has 2 atom stereocenters. The number of anilines is 1. The van der Waals surface area contributed by atoms with Crippen molar-refractivity contribution in [2.24, 2.45) is 0 Å². The number of rotatable bonds is 7. The van der Waals surface area contributed by atoms with E-state index in [1.54, 1.807) is 7.11 Å². The Morgan fingerprint density at radius 1 is 0.821 bits per heavy atom. The number of ether oxygens (including phenoxy) is 1. The van der Waals surface area contributed by atoms with Crippen LogP contribution in [0, 0.1) is 0 Å². The van der Waals surface area contributed by atoms with Gasteiger partial charge in [0.25, 0.3) is 0 Å². The van der Waals surface area contributed by atoms with E-state index in [9.17, 15) is 4.79 Å². The fraction of sp³-hybridized carbons (Fsp3) is 0.208. The van der Waals surface area contributed by atoms with Crippen LogP contribution in [0.2, 0.25) is 0 Å². The van der Waals surface area contributed by atoms with Crippen molar-refractivity contribution in [2.45, 2.75) is 25.9 Å². The Balaban J connectivity index is 1.62. The lowest BCUT2D eigenvalue weighted by atomic mass is 10.0. The van der Waals surface area contributed by atoms with E-state index in [1.165, 1.54) is 11.1 Å². The molecule has 0 aromatic heterocycles. The molecule has 28 heavy (non-hydrogen) atoms. The van der Waals surface area contributed by atoms with Crippen molar-refractivity contribution >= 4 is 11.6 Å². The predicted octanol–water partition coefficient (Wildman–Crippen LogP) is 5.04. The third kappa shape index (κ3) is 4.78. The molecular formula is C24H26N2O2. The summed E-state index contributed by atoms with van der Waals surface area (Å²) in [6.07, 6.45) is 0. The monoisotopic (exact) mass is 374 g/mol. The SMILES string of the molecule is COc1ccccc1NC(=O)[C@H](C)N[C@H](C)c1ccc(-c2ccccc2)cc1. The van der Waals surface area contributed by atoms with Crippen LogP contribution < -0.4 is 15.4 Å². The van der Waals surface area contributed by atoms with Crippen LogP contribution in [0.15, 0.2) is 78.9 Å². The third-order valence-corrected chi connectivity index (χ3v) is 4.78. The molecule has 3 aromatic carbocycles. The standard InChI is InChI=1S/C24H26N2O2/c1-17(19-13-15-21(16-14-19)20-9-5-4-6-10-20)25-18(2)24(27)26-22-11-7-8-12-23(22)28-3/h4-18,25H,1-3H3,(H,26,27)/t17-,18+/m1/s1. The highest BCUT2D eigenvalue weighted by Crippen LogP contribution is 2.24. The maximum Gasteiger partial charge on any atom is 0.241 e. The molecule has 3 rings (SSSR count). The molecule has 2 N–H and O–H groups in total. The van der Waals surface area contributed by atoms with Crippen molar-refractivity contribution < 1.29 is 9.53 Å². The van der Waals surface area contributed by atoms with Crippen molar-refractivity contribution in [1.29, 1.82) is 0 Å². The Bertz CT molecular complexity index is 907. The van der Waals surface area contributed by atoms with E-state index in [-0.39, 0.29) is 18.0 Å². The van der Waals surface area contributed by atoms with Gasteiger partial charge in [0, 0.05) is 6.04 Å². The number of carbonyl (C=O) groups is 1. The molecule has 0 radical (unpaired) electrons. The first kappa shape index (κ1) is 19.6. The second-order valence-corrected chi connectivity index (χ2v) is 6.79. The zero-order valence-corrected chi connectivity index (χ0v) is 16.5. The second-order valence-electron chi connectivity index (χ2n) is 6.79. The van der Waals surface area contributed by atoms with E-state index >= 15 is 0 Å². The number of carbonyl (C=O) groups excluding carboxylic acids is 1. The van der Waals surface area contributed by atoms with Crippen LogP contribution in [0.4, 0.5) is 5.69 Å². The highest BCUT2D eigenvalue weighted by atomic mass is 16.5. The van der Waals surface area contributed by atoms with Gasteiger partial charge in [-0.25, -0.2) is 0 Å². The molecule has 0 saturated carbocycles. The molecule has 0 bridgehead atoms. The normalized spacial score (nSPS) is 12.8. The van der Waals surface area contributed by atoms with Gasteiger partial charge in [-0.05, 0) is 42.7 Å². The van der Waals surface area contributed by atoms with E-state index in [0.717, 1.165) is 5.56 Å². The molecule has 0 spiro atoms. The van der Waals surface area contributed by atoms with E-state index < -0.39 is 0 Å². The fourth-order valence-electron chi connectivity index (χ4n) is 3.13. The van der Waals surface area contributed by atoms with Gasteiger partial charge in [-0.2, -0.15) is 0 Å². The minimum atomic E-state index is -0.353. The molecule has 0 heterocycles. The van der Waals surface area contributed by atoms with Gasteiger partial charge in [-0.15, -0.1) is 0 Å². The fourth-order valence-corrected chi connectivity index (χ4v) is 3.13. The molecule has 3 aromatic rings. The number of nitrogens with one attached hydrogen (secondary N) is 2. The van der Waals surface area contributed by atoms with Crippen molar-refractivity contribution in [3.8, 4) is 16.9 Å². The lowest BCUT2D eigenvalue weighted by Crippen LogP contribution is -2.39. The topological polar surface area (TPSA) is 50.4 Å². The van der Waals surface area contributed by atoms with Crippen molar-refractivity contribution in [1.82, 2.24) is 5.32 Å². The summed E-state index contributed by atoms with van der Waals surface area (Å²) in [5.74, 6) is 0.546.